The van der Waals surface area contributed by atoms with Crippen LogP contribution in [0.15, 0.2) is 24.5 Å². The number of hydrogen-bond acceptors (Lipinski definition) is 2. The van der Waals surface area contributed by atoms with Crippen LogP contribution in [0.1, 0.15) is 24.2 Å². The van der Waals surface area contributed by atoms with E-state index in [1.54, 1.807) is 24.5 Å². The lowest BCUT2D eigenvalue weighted by molar-refractivity contribution is 0.0940. The number of nitrogens with one attached hydrogen (secondary N) is 1. The van der Waals surface area contributed by atoms with Gasteiger partial charge in [-0.25, -0.2) is 0 Å². The molecule has 0 aromatic carbocycles. The van der Waals surface area contributed by atoms with Crippen LogP contribution in [0.2, 0.25) is 0 Å². The van der Waals surface area contributed by atoms with Gasteiger partial charge < -0.3 is 5.32 Å². The Morgan fingerprint density at radius 3 is 2.60 bits per heavy atom. The minimum Gasteiger partial charge on any atom is -0.351 e. The summed E-state index contributed by atoms with van der Waals surface area (Å²) in [5.74, 6) is 0.430. The zero-order valence-electron chi connectivity index (χ0n) is 8.96. The number of carbonyl (C=O) groups excluding carboxylic acids is 1. The van der Waals surface area contributed by atoms with Crippen molar-refractivity contribution in [2.24, 2.45) is 5.41 Å². The van der Waals surface area contributed by atoms with E-state index in [0.29, 0.717) is 18.0 Å². The van der Waals surface area contributed by atoms with Gasteiger partial charge in [0.1, 0.15) is 0 Å². The van der Waals surface area contributed by atoms with Crippen LogP contribution in [0.3, 0.4) is 0 Å². The minimum atomic E-state index is -0.0874. The highest BCUT2D eigenvalue weighted by molar-refractivity contribution is 6.18. The second kappa shape index (κ2) is 5.12. The molecule has 0 aliphatic heterocycles. The zero-order valence-corrected chi connectivity index (χ0v) is 9.71. The molecule has 0 radical (unpaired) electrons. The molecule has 1 aromatic heterocycles. The molecule has 0 saturated heterocycles. The molecule has 0 bridgehead atoms. The van der Waals surface area contributed by atoms with Crippen molar-refractivity contribution >= 4 is 17.5 Å². The van der Waals surface area contributed by atoms with Crippen LogP contribution in [0.25, 0.3) is 0 Å². The monoisotopic (exact) mass is 226 g/mol. The molecule has 1 aromatic rings. The van der Waals surface area contributed by atoms with Gasteiger partial charge in [-0.2, -0.15) is 0 Å². The zero-order chi connectivity index (χ0) is 11.3. The first-order chi connectivity index (χ1) is 7.05. The fourth-order valence-corrected chi connectivity index (χ4v) is 1.07. The van der Waals surface area contributed by atoms with Gasteiger partial charge in [0.05, 0.1) is 0 Å². The minimum absolute atomic E-state index is 0.0791. The van der Waals surface area contributed by atoms with Gasteiger partial charge in [-0.3, -0.25) is 9.78 Å². The summed E-state index contributed by atoms with van der Waals surface area (Å²) < 4.78 is 0. The van der Waals surface area contributed by atoms with E-state index < -0.39 is 0 Å². The third kappa shape index (κ3) is 3.88. The third-order valence-electron chi connectivity index (χ3n) is 2.03. The number of aromatic nitrogens is 1. The number of rotatable bonds is 4. The Morgan fingerprint density at radius 2 is 2.07 bits per heavy atom. The Labute approximate surface area is 94.9 Å². The van der Waals surface area contributed by atoms with Crippen LogP contribution < -0.4 is 5.32 Å². The van der Waals surface area contributed by atoms with E-state index in [1.165, 1.54) is 0 Å². The Kier molecular flexibility index (Phi) is 4.09. The summed E-state index contributed by atoms with van der Waals surface area (Å²) in [6.07, 6.45) is 3.20. The first-order valence-corrected chi connectivity index (χ1v) is 5.33. The quantitative estimate of drug-likeness (QED) is 0.799. The SMILES string of the molecule is CC(C)(CCl)CNC(=O)c1ccncc1. The molecule has 0 aliphatic rings. The summed E-state index contributed by atoms with van der Waals surface area (Å²) in [7, 11) is 0. The lowest BCUT2D eigenvalue weighted by Gasteiger charge is -2.21. The van der Waals surface area contributed by atoms with Gasteiger partial charge >= 0.3 is 0 Å². The van der Waals surface area contributed by atoms with Gasteiger partial charge in [-0.15, -0.1) is 11.6 Å². The average molecular weight is 227 g/mol. The first kappa shape index (κ1) is 12.0. The molecule has 1 amide bonds. The average Bonchev–Trinajstić information content (AvgIpc) is 2.27. The van der Waals surface area contributed by atoms with E-state index in [2.05, 4.69) is 10.3 Å². The van der Waals surface area contributed by atoms with Crippen molar-refractivity contribution < 1.29 is 4.79 Å². The normalized spacial score (nSPS) is 11.1. The molecular weight excluding hydrogens is 212 g/mol. The lowest BCUT2D eigenvalue weighted by atomic mass is 9.96. The molecule has 1 N–H and O–H groups in total. The summed E-state index contributed by atoms with van der Waals surface area (Å²) >= 11 is 5.76. The predicted molar refractivity (Wildman–Crippen MR) is 61.1 cm³/mol. The van der Waals surface area contributed by atoms with Crippen LogP contribution in [0.5, 0.6) is 0 Å². The topological polar surface area (TPSA) is 42.0 Å². The fourth-order valence-electron chi connectivity index (χ4n) is 0.972. The number of alkyl halides is 1. The second-order valence-electron chi connectivity index (χ2n) is 4.22. The molecule has 15 heavy (non-hydrogen) atoms. The Morgan fingerprint density at radius 1 is 1.47 bits per heavy atom. The summed E-state index contributed by atoms with van der Waals surface area (Å²) in [6.45, 7) is 4.58. The largest absolute Gasteiger partial charge is 0.351 e. The van der Waals surface area contributed by atoms with E-state index >= 15 is 0 Å². The standard InChI is InChI=1S/C11H15ClN2O/c1-11(2,7-12)8-14-10(15)9-3-5-13-6-4-9/h3-6H,7-8H2,1-2H3,(H,14,15). The van der Waals surface area contributed by atoms with Crippen LogP contribution in [0.4, 0.5) is 0 Å². The molecule has 0 atom stereocenters. The van der Waals surface area contributed by atoms with E-state index in [-0.39, 0.29) is 11.3 Å². The van der Waals surface area contributed by atoms with E-state index in [9.17, 15) is 4.79 Å². The highest BCUT2D eigenvalue weighted by Crippen LogP contribution is 2.15. The molecule has 0 unspecified atom stereocenters. The molecule has 0 spiro atoms. The van der Waals surface area contributed by atoms with Crippen molar-refractivity contribution in [3.63, 3.8) is 0 Å². The number of carbonyl (C=O) groups is 1. The molecule has 0 fully saturated rings. The van der Waals surface area contributed by atoms with Gasteiger partial charge in [-0.1, -0.05) is 13.8 Å². The van der Waals surface area contributed by atoms with Crippen molar-refractivity contribution in [1.82, 2.24) is 10.3 Å². The molecule has 1 rings (SSSR count). The number of nitrogens with zero attached hydrogens (tertiary/aromatic N) is 1. The Hall–Kier alpha value is -1.09. The number of hydrogen-bond donors (Lipinski definition) is 1. The molecule has 3 nitrogen and oxygen atoms in total. The maximum absolute atomic E-state index is 11.6. The Bertz CT molecular complexity index is 325. The molecule has 82 valence electrons. The van der Waals surface area contributed by atoms with Gasteiger partial charge in [-0.05, 0) is 17.5 Å². The van der Waals surface area contributed by atoms with Crippen molar-refractivity contribution in [2.45, 2.75) is 13.8 Å². The maximum atomic E-state index is 11.6. The van der Waals surface area contributed by atoms with Crippen LogP contribution in [-0.4, -0.2) is 23.3 Å². The number of amides is 1. The lowest BCUT2D eigenvalue weighted by Crippen LogP contribution is -2.34. The van der Waals surface area contributed by atoms with Gasteiger partial charge in [0.25, 0.3) is 5.91 Å². The smallest absolute Gasteiger partial charge is 0.251 e. The second-order valence-corrected chi connectivity index (χ2v) is 4.48. The predicted octanol–water partition coefficient (Wildman–Crippen LogP) is 2.08. The number of halogens is 1. The molecule has 0 aliphatic carbocycles. The summed E-state index contributed by atoms with van der Waals surface area (Å²) in [5, 5.41) is 2.84. The highest BCUT2D eigenvalue weighted by Gasteiger charge is 2.17. The maximum Gasteiger partial charge on any atom is 0.251 e. The van der Waals surface area contributed by atoms with Crippen molar-refractivity contribution in [3.05, 3.63) is 30.1 Å². The van der Waals surface area contributed by atoms with E-state index in [1.807, 2.05) is 13.8 Å². The van der Waals surface area contributed by atoms with E-state index in [0.717, 1.165) is 0 Å². The van der Waals surface area contributed by atoms with Crippen LogP contribution >= 0.6 is 11.6 Å². The van der Waals surface area contributed by atoms with Crippen molar-refractivity contribution in [2.75, 3.05) is 12.4 Å². The van der Waals surface area contributed by atoms with E-state index in [4.69, 9.17) is 11.6 Å². The molecule has 4 heteroatoms. The first-order valence-electron chi connectivity index (χ1n) is 4.79. The van der Waals surface area contributed by atoms with Crippen LogP contribution in [-0.2, 0) is 0 Å². The molecular formula is C11H15ClN2O. The fraction of sp³-hybridized carbons (Fsp3) is 0.455. The van der Waals surface area contributed by atoms with Gasteiger partial charge in [0.15, 0.2) is 0 Å². The van der Waals surface area contributed by atoms with Gasteiger partial charge in [0.2, 0.25) is 0 Å². The molecule has 0 saturated carbocycles. The van der Waals surface area contributed by atoms with Crippen LogP contribution in [0, 0.1) is 5.41 Å². The molecule has 1 heterocycles. The summed E-state index contributed by atoms with van der Waals surface area (Å²) in [4.78, 5) is 15.5. The van der Waals surface area contributed by atoms with Crippen molar-refractivity contribution in [1.29, 1.82) is 0 Å². The third-order valence-corrected chi connectivity index (χ3v) is 2.76. The highest BCUT2D eigenvalue weighted by atomic mass is 35.5. The number of pyridine rings is 1. The van der Waals surface area contributed by atoms with Gasteiger partial charge in [0, 0.05) is 30.4 Å². The van der Waals surface area contributed by atoms with Crippen molar-refractivity contribution in [3.8, 4) is 0 Å². The Balaban J connectivity index is 2.51. The summed E-state index contributed by atoms with van der Waals surface area (Å²) in [6, 6.07) is 3.37. The summed E-state index contributed by atoms with van der Waals surface area (Å²) in [5.41, 5.74) is 0.542.